The van der Waals surface area contributed by atoms with Crippen molar-refractivity contribution in [3.8, 4) is 5.75 Å². The third-order valence-electron chi connectivity index (χ3n) is 4.72. The van der Waals surface area contributed by atoms with Crippen LogP contribution >= 0.6 is 23.2 Å². The van der Waals surface area contributed by atoms with Crippen LogP contribution in [-0.4, -0.2) is 37.4 Å². The summed E-state index contributed by atoms with van der Waals surface area (Å²) in [7, 11) is 3.14. The van der Waals surface area contributed by atoms with E-state index >= 15 is 0 Å². The molecule has 1 N–H and O–H groups in total. The number of hydrogen-bond donors (Lipinski definition) is 1. The Balaban J connectivity index is 1.67. The van der Waals surface area contributed by atoms with Crippen LogP contribution in [0.1, 0.15) is 18.4 Å². The molecule has 0 radical (unpaired) electrons. The molecular weight excluding hydrogens is 387 g/mol. The highest BCUT2D eigenvalue weighted by Crippen LogP contribution is 2.49. The van der Waals surface area contributed by atoms with E-state index in [0.717, 1.165) is 18.4 Å². The summed E-state index contributed by atoms with van der Waals surface area (Å²) >= 11 is 11.9. The van der Waals surface area contributed by atoms with Gasteiger partial charge in [-0.3, -0.25) is 9.59 Å². The number of nitrogens with one attached hydrogen (secondary N) is 1. The topological polar surface area (TPSA) is 58.6 Å². The summed E-state index contributed by atoms with van der Waals surface area (Å²) < 4.78 is 5.22. The number of carbonyl (C=O) groups excluding carboxylic acids is 2. The molecule has 1 fully saturated rings. The molecule has 1 saturated carbocycles. The monoisotopic (exact) mass is 406 g/mol. The van der Waals surface area contributed by atoms with Crippen molar-refractivity contribution in [2.45, 2.75) is 18.3 Å². The van der Waals surface area contributed by atoms with Gasteiger partial charge in [0.2, 0.25) is 11.8 Å². The lowest BCUT2D eigenvalue weighted by molar-refractivity contribution is -0.135. The van der Waals surface area contributed by atoms with Gasteiger partial charge in [0.15, 0.2) is 0 Å². The van der Waals surface area contributed by atoms with Crippen LogP contribution in [0, 0.1) is 0 Å². The van der Waals surface area contributed by atoms with Crippen LogP contribution in [0.15, 0.2) is 42.5 Å². The number of methoxy groups -OCH3 is 1. The van der Waals surface area contributed by atoms with Gasteiger partial charge in [-0.05, 0) is 48.7 Å². The molecule has 0 spiro atoms. The molecule has 0 unspecified atom stereocenters. The molecule has 1 aliphatic rings. The Morgan fingerprint density at radius 2 is 1.74 bits per heavy atom. The molecule has 2 aromatic carbocycles. The smallest absolute Gasteiger partial charge is 0.244 e. The van der Waals surface area contributed by atoms with Crippen molar-refractivity contribution in [2.24, 2.45) is 0 Å². The maximum Gasteiger partial charge on any atom is 0.244 e. The van der Waals surface area contributed by atoms with Crippen molar-refractivity contribution >= 4 is 40.7 Å². The largest absolute Gasteiger partial charge is 0.495 e. The lowest BCUT2D eigenvalue weighted by Crippen LogP contribution is -2.41. The number of amides is 2. The molecule has 3 rings (SSSR count). The second kappa shape index (κ2) is 7.79. The van der Waals surface area contributed by atoms with Gasteiger partial charge in [-0.2, -0.15) is 0 Å². The van der Waals surface area contributed by atoms with Crippen molar-refractivity contribution < 1.29 is 14.3 Å². The molecule has 27 heavy (non-hydrogen) atoms. The van der Waals surface area contributed by atoms with Gasteiger partial charge in [-0.1, -0.05) is 35.3 Å². The number of benzene rings is 2. The van der Waals surface area contributed by atoms with E-state index < -0.39 is 5.41 Å². The van der Waals surface area contributed by atoms with E-state index in [1.54, 1.807) is 37.4 Å². The van der Waals surface area contributed by atoms with Gasteiger partial charge >= 0.3 is 0 Å². The van der Waals surface area contributed by atoms with Crippen molar-refractivity contribution in [2.75, 3.05) is 26.0 Å². The van der Waals surface area contributed by atoms with Crippen molar-refractivity contribution in [1.29, 1.82) is 0 Å². The Labute approximate surface area is 168 Å². The highest BCUT2D eigenvalue weighted by atomic mass is 35.5. The van der Waals surface area contributed by atoms with Gasteiger partial charge in [-0.25, -0.2) is 0 Å². The first-order valence-electron chi connectivity index (χ1n) is 8.51. The Kier molecular flexibility index (Phi) is 5.63. The molecule has 5 nitrogen and oxygen atoms in total. The number of anilines is 1. The molecule has 0 bridgehead atoms. The molecule has 0 aliphatic heterocycles. The summed E-state index contributed by atoms with van der Waals surface area (Å²) in [6, 6.07) is 12.3. The van der Waals surface area contributed by atoms with E-state index in [-0.39, 0.29) is 18.4 Å². The molecular formula is C20H20Cl2N2O3. The van der Waals surface area contributed by atoms with Gasteiger partial charge in [0.1, 0.15) is 5.75 Å². The van der Waals surface area contributed by atoms with Crippen LogP contribution in [0.5, 0.6) is 5.75 Å². The fraction of sp³-hybridized carbons (Fsp3) is 0.300. The summed E-state index contributed by atoms with van der Waals surface area (Å²) in [5.74, 6) is 0.109. The van der Waals surface area contributed by atoms with E-state index in [1.807, 2.05) is 12.1 Å². The lowest BCUT2D eigenvalue weighted by atomic mass is 9.94. The normalized spacial score (nSPS) is 14.4. The molecule has 0 saturated heterocycles. The van der Waals surface area contributed by atoms with Gasteiger partial charge in [0.25, 0.3) is 0 Å². The van der Waals surface area contributed by atoms with Crippen molar-refractivity contribution in [1.82, 2.24) is 4.90 Å². The van der Waals surface area contributed by atoms with Gasteiger partial charge < -0.3 is 15.0 Å². The number of rotatable bonds is 6. The highest BCUT2D eigenvalue weighted by molar-refractivity contribution is 6.31. The molecule has 2 amide bonds. The lowest BCUT2D eigenvalue weighted by Gasteiger charge is -2.23. The Hall–Kier alpha value is -2.24. The maximum atomic E-state index is 12.9. The molecule has 1 aliphatic carbocycles. The molecule has 2 aromatic rings. The van der Waals surface area contributed by atoms with E-state index in [0.29, 0.717) is 21.5 Å². The number of hydrogen-bond acceptors (Lipinski definition) is 3. The van der Waals surface area contributed by atoms with Crippen LogP contribution in [0.3, 0.4) is 0 Å². The van der Waals surface area contributed by atoms with Gasteiger partial charge in [-0.15, -0.1) is 0 Å². The van der Waals surface area contributed by atoms with Crippen molar-refractivity contribution in [3.05, 3.63) is 58.1 Å². The second-order valence-corrected chi connectivity index (χ2v) is 7.52. The predicted molar refractivity (Wildman–Crippen MR) is 107 cm³/mol. The first kappa shape index (κ1) is 19.5. The van der Waals surface area contributed by atoms with Crippen LogP contribution in [0.4, 0.5) is 5.69 Å². The Morgan fingerprint density at radius 1 is 1.11 bits per heavy atom. The number of nitrogens with zero attached hydrogens (tertiary/aromatic N) is 1. The fourth-order valence-electron chi connectivity index (χ4n) is 3.14. The average Bonchev–Trinajstić information content (AvgIpc) is 3.43. The number of ether oxygens (including phenoxy) is 1. The van der Waals surface area contributed by atoms with E-state index in [1.165, 1.54) is 12.0 Å². The van der Waals surface area contributed by atoms with Crippen LogP contribution in [0.2, 0.25) is 10.0 Å². The zero-order valence-corrected chi connectivity index (χ0v) is 16.6. The average molecular weight is 407 g/mol. The third kappa shape index (κ3) is 4.20. The highest BCUT2D eigenvalue weighted by Gasteiger charge is 2.52. The molecule has 0 aromatic heterocycles. The standard InChI is InChI=1S/C20H20Cl2N2O3/c1-24(12-18(25)23-16-11-15(22)7-8-17(16)27-2)19(26)20(9-10-20)13-3-5-14(21)6-4-13/h3-8,11H,9-10,12H2,1-2H3,(H,23,25). The van der Waals surface area contributed by atoms with E-state index in [2.05, 4.69) is 5.32 Å². The van der Waals surface area contributed by atoms with Crippen LogP contribution < -0.4 is 10.1 Å². The summed E-state index contributed by atoms with van der Waals surface area (Å²) in [6.07, 6.45) is 1.53. The minimum Gasteiger partial charge on any atom is -0.495 e. The second-order valence-electron chi connectivity index (χ2n) is 6.64. The molecule has 7 heteroatoms. The van der Waals surface area contributed by atoms with Gasteiger partial charge in [0.05, 0.1) is 24.8 Å². The first-order chi connectivity index (χ1) is 12.9. The quantitative estimate of drug-likeness (QED) is 0.784. The Bertz CT molecular complexity index is 864. The van der Waals surface area contributed by atoms with Crippen LogP contribution in [-0.2, 0) is 15.0 Å². The minimum absolute atomic E-state index is 0.0656. The number of halogens is 2. The minimum atomic E-state index is -0.548. The molecule has 142 valence electrons. The first-order valence-corrected chi connectivity index (χ1v) is 9.26. The zero-order chi connectivity index (χ0) is 19.6. The van der Waals surface area contributed by atoms with E-state index in [9.17, 15) is 9.59 Å². The fourth-order valence-corrected chi connectivity index (χ4v) is 3.44. The number of carbonyl (C=O) groups is 2. The summed E-state index contributed by atoms with van der Waals surface area (Å²) in [6.45, 7) is -0.0656. The predicted octanol–water partition coefficient (Wildman–Crippen LogP) is 4.13. The molecule has 0 atom stereocenters. The third-order valence-corrected chi connectivity index (χ3v) is 5.21. The van der Waals surface area contributed by atoms with E-state index in [4.69, 9.17) is 27.9 Å². The zero-order valence-electron chi connectivity index (χ0n) is 15.1. The summed E-state index contributed by atoms with van der Waals surface area (Å²) in [4.78, 5) is 26.8. The maximum absolute atomic E-state index is 12.9. The summed E-state index contributed by atoms with van der Waals surface area (Å²) in [5, 5.41) is 3.86. The van der Waals surface area contributed by atoms with Gasteiger partial charge in [0, 0.05) is 17.1 Å². The Morgan fingerprint density at radius 3 is 2.33 bits per heavy atom. The van der Waals surface area contributed by atoms with Crippen molar-refractivity contribution in [3.63, 3.8) is 0 Å². The van der Waals surface area contributed by atoms with Crippen LogP contribution in [0.25, 0.3) is 0 Å². The summed E-state index contributed by atoms with van der Waals surface area (Å²) in [5.41, 5.74) is 0.850. The molecule has 0 heterocycles. The number of likely N-dealkylation sites (N-methyl/N-ethyl adjacent to an activating group) is 1. The SMILES string of the molecule is COc1ccc(Cl)cc1NC(=O)CN(C)C(=O)C1(c2ccc(Cl)cc2)CC1.